The SMILES string of the molecule is CCCC(=O)N[C@@H]1C(CO)O[C@H](OC2O[C@H]3CC(N)[C@@H](O[C@@H]4C(N)C[C@@H](N)C[C@H]4O)OC3C(O)C2NC)C(O)[C@H]1O. The maximum atomic E-state index is 12.1. The van der Waals surface area contributed by atoms with Crippen molar-refractivity contribution in [3.8, 4) is 0 Å². The summed E-state index contributed by atoms with van der Waals surface area (Å²) in [6.07, 6.45) is -10.5. The molecule has 13 N–H and O–H groups in total. The van der Waals surface area contributed by atoms with E-state index in [1.54, 1.807) is 7.05 Å². The molecule has 1 amide bonds. The Kier molecular flexibility index (Phi) is 11.3. The van der Waals surface area contributed by atoms with Gasteiger partial charge in [0, 0.05) is 18.5 Å². The van der Waals surface area contributed by atoms with E-state index < -0.39 is 98.5 Å². The lowest BCUT2D eigenvalue weighted by Gasteiger charge is -2.51. The van der Waals surface area contributed by atoms with Crippen molar-refractivity contribution in [2.75, 3.05) is 13.7 Å². The van der Waals surface area contributed by atoms with E-state index in [2.05, 4.69) is 10.6 Å². The average molecular weight is 594 g/mol. The van der Waals surface area contributed by atoms with Crippen LogP contribution in [0.5, 0.6) is 0 Å². The lowest BCUT2D eigenvalue weighted by Crippen LogP contribution is -2.70. The van der Waals surface area contributed by atoms with Crippen LogP contribution >= 0.6 is 0 Å². The molecular weight excluding hydrogens is 546 g/mol. The van der Waals surface area contributed by atoms with Crippen molar-refractivity contribution in [1.29, 1.82) is 0 Å². The highest BCUT2D eigenvalue weighted by Crippen LogP contribution is 2.35. The molecule has 16 nitrogen and oxygen atoms in total. The highest BCUT2D eigenvalue weighted by molar-refractivity contribution is 5.76. The number of fused-ring (bicyclic) bond motifs is 1. The van der Waals surface area contributed by atoms with Gasteiger partial charge in [0.1, 0.15) is 36.6 Å². The third-order valence-electron chi connectivity index (χ3n) is 8.32. The van der Waals surface area contributed by atoms with Gasteiger partial charge in [-0.2, -0.15) is 0 Å². The van der Waals surface area contributed by atoms with Crippen LogP contribution in [0.25, 0.3) is 0 Å². The number of likely N-dealkylation sites (N-methyl/N-ethyl adjacent to an activating group) is 1. The number of carbonyl (C=O) groups is 1. The molecule has 4 rings (SSSR count). The molecule has 41 heavy (non-hydrogen) atoms. The second-order valence-corrected chi connectivity index (χ2v) is 11.5. The summed E-state index contributed by atoms with van der Waals surface area (Å²) in [6.45, 7) is 1.26. The van der Waals surface area contributed by atoms with Crippen LogP contribution in [-0.4, -0.2) is 143 Å². The van der Waals surface area contributed by atoms with Crippen LogP contribution in [0.15, 0.2) is 0 Å². The number of ether oxygens (including phenoxy) is 5. The summed E-state index contributed by atoms with van der Waals surface area (Å²) in [7, 11) is 1.57. The van der Waals surface area contributed by atoms with Crippen molar-refractivity contribution in [1.82, 2.24) is 10.6 Å². The first kappa shape index (κ1) is 32.8. The Balaban J connectivity index is 1.41. The molecular formula is C25H47N5O11. The van der Waals surface area contributed by atoms with Gasteiger partial charge in [-0.1, -0.05) is 6.92 Å². The van der Waals surface area contributed by atoms with Gasteiger partial charge in [0.15, 0.2) is 18.9 Å². The van der Waals surface area contributed by atoms with E-state index in [1.165, 1.54) is 0 Å². The number of carbonyl (C=O) groups excluding carboxylic acids is 1. The molecule has 16 heteroatoms. The number of hydrogen-bond donors (Lipinski definition) is 10. The quantitative estimate of drug-likeness (QED) is 0.120. The molecule has 0 spiro atoms. The number of aliphatic hydroxyl groups is 5. The zero-order valence-electron chi connectivity index (χ0n) is 23.4. The summed E-state index contributed by atoms with van der Waals surface area (Å²) < 4.78 is 29.8. The van der Waals surface area contributed by atoms with Crippen molar-refractivity contribution in [3.63, 3.8) is 0 Å². The summed E-state index contributed by atoms with van der Waals surface area (Å²) in [5, 5.41) is 58.6. The Hall–Kier alpha value is -1.09. The van der Waals surface area contributed by atoms with Crippen molar-refractivity contribution in [2.45, 2.75) is 137 Å². The molecule has 1 saturated carbocycles. The Labute approximate surface area is 238 Å². The van der Waals surface area contributed by atoms with Gasteiger partial charge in [-0.05, 0) is 32.7 Å². The number of nitrogens with two attached hydrogens (primary N) is 3. The smallest absolute Gasteiger partial charge is 0.220 e. The first-order valence-corrected chi connectivity index (χ1v) is 14.3. The van der Waals surface area contributed by atoms with Crippen LogP contribution in [0.1, 0.15) is 39.0 Å². The number of amides is 1. The van der Waals surface area contributed by atoms with Crippen LogP contribution in [0.4, 0.5) is 0 Å². The van der Waals surface area contributed by atoms with E-state index in [0.29, 0.717) is 19.3 Å². The van der Waals surface area contributed by atoms with Crippen LogP contribution in [-0.2, 0) is 28.5 Å². The van der Waals surface area contributed by atoms with E-state index in [0.717, 1.165) is 0 Å². The number of rotatable bonds is 9. The van der Waals surface area contributed by atoms with Crippen LogP contribution in [0.2, 0.25) is 0 Å². The third-order valence-corrected chi connectivity index (χ3v) is 8.32. The summed E-state index contributed by atoms with van der Waals surface area (Å²) >= 11 is 0. The lowest BCUT2D eigenvalue weighted by atomic mass is 9.86. The van der Waals surface area contributed by atoms with Gasteiger partial charge in [0.25, 0.3) is 0 Å². The molecule has 1 aliphatic carbocycles. The van der Waals surface area contributed by atoms with Crippen molar-refractivity contribution in [3.05, 3.63) is 0 Å². The minimum Gasteiger partial charge on any atom is -0.394 e. The normalized spacial score (nSPS) is 48.8. The highest BCUT2D eigenvalue weighted by Gasteiger charge is 2.54. The van der Waals surface area contributed by atoms with E-state index >= 15 is 0 Å². The summed E-state index contributed by atoms with van der Waals surface area (Å²) in [5.74, 6) is -0.357. The molecule has 3 saturated heterocycles. The predicted octanol–water partition coefficient (Wildman–Crippen LogP) is -4.96. The molecule has 0 aromatic rings. The van der Waals surface area contributed by atoms with Crippen molar-refractivity contribution in [2.24, 2.45) is 17.2 Å². The van der Waals surface area contributed by atoms with E-state index in [9.17, 15) is 30.3 Å². The predicted molar refractivity (Wildman–Crippen MR) is 141 cm³/mol. The molecule has 0 aromatic heterocycles. The standard InChI is InChI=1S/C25H47N5O11/c1-3-4-15(33)30-16-14(8-31)38-25(20(36)18(16)34)41-24-17(29-2)19(35)22-13(37-24)7-11(28)23(40-22)39-21-10(27)5-9(26)6-12(21)32/h9-14,16-25,29,31-32,34-36H,3-8,26-28H2,1-2H3,(H,30,33)/t9-,10?,11?,12-,13+,14?,16-,17?,18+,19?,20?,21-,22?,23+,24?,25-/m1/s1. The maximum absolute atomic E-state index is 12.1. The van der Waals surface area contributed by atoms with Crippen LogP contribution < -0.4 is 27.8 Å². The number of aliphatic hydroxyl groups excluding tert-OH is 5. The zero-order chi connectivity index (χ0) is 30.0. The fraction of sp³-hybridized carbons (Fsp3) is 0.960. The molecule has 16 atom stereocenters. The Morgan fingerprint density at radius 3 is 2.24 bits per heavy atom. The minimum atomic E-state index is -1.61. The first-order chi connectivity index (χ1) is 19.5. The maximum Gasteiger partial charge on any atom is 0.220 e. The average Bonchev–Trinajstić information content (AvgIpc) is 2.91. The highest BCUT2D eigenvalue weighted by atomic mass is 16.8. The third kappa shape index (κ3) is 7.18. The second-order valence-electron chi connectivity index (χ2n) is 11.5. The zero-order valence-corrected chi connectivity index (χ0v) is 23.4. The monoisotopic (exact) mass is 593 g/mol. The number of nitrogens with one attached hydrogen (secondary N) is 2. The summed E-state index contributed by atoms with van der Waals surface area (Å²) in [5.41, 5.74) is 18.4. The van der Waals surface area contributed by atoms with Gasteiger partial charge >= 0.3 is 0 Å². The van der Waals surface area contributed by atoms with Gasteiger partial charge in [0.2, 0.25) is 5.91 Å². The number of hydrogen-bond acceptors (Lipinski definition) is 15. The van der Waals surface area contributed by atoms with Crippen molar-refractivity contribution >= 4 is 5.91 Å². The molecule has 3 aliphatic heterocycles. The van der Waals surface area contributed by atoms with E-state index in [4.69, 9.17) is 40.9 Å². The Morgan fingerprint density at radius 2 is 1.61 bits per heavy atom. The molecule has 4 aliphatic rings. The fourth-order valence-corrected chi connectivity index (χ4v) is 6.12. The molecule has 8 unspecified atom stereocenters. The summed E-state index contributed by atoms with van der Waals surface area (Å²) in [6, 6.07) is -3.40. The molecule has 0 radical (unpaired) electrons. The van der Waals surface area contributed by atoms with Gasteiger partial charge < -0.3 is 77.1 Å². The van der Waals surface area contributed by atoms with Crippen molar-refractivity contribution < 1.29 is 54.0 Å². The van der Waals surface area contributed by atoms with Crippen LogP contribution in [0.3, 0.4) is 0 Å². The van der Waals surface area contributed by atoms with Gasteiger partial charge in [-0.15, -0.1) is 0 Å². The Morgan fingerprint density at radius 1 is 0.878 bits per heavy atom. The molecule has 3 heterocycles. The Bertz CT molecular complexity index is 847. The molecule has 0 aromatic carbocycles. The van der Waals surface area contributed by atoms with Crippen LogP contribution in [0, 0.1) is 0 Å². The summed E-state index contributed by atoms with van der Waals surface area (Å²) in [4.78, 5) is 12.1. The van der Waals surface area contributed by atoms with Gasteiger partial charge in [-0.3, -0.25) is 4.79 Å². The van der Waals surface area contributed by atoms with E-state index in [1.807, 2.05) is 6.92 Å². The minimum absolute atomic E-state index is 0.196. The topological polar surface area (TPSA) is 266 Å². The molecule has 4 fully saturated rings. The van der Waals surface area contributed by atoms with Gasteiger partial charge in [0.05, 0.1) is 36.9 Å². The molecule has 0 bridgehead atoms. The van der Waals surface area contributed by atoms with Gasteiger partial charge in [-0.25, -0.2) is 0 Å². The molecule has 238 valence electrons. The fourth-order valence-electron chi connectivity index (χ4n) is 6.12. The second kappa shape index (κ2) is 14.1. The van der Waals surface area contributed by atoms with E-state index in [-0.39, 0.29) is 24.8 Å². The lowest BCUT2D eigenvalue weighted by molar-refractivity contribution is -0.373. The first-order valence-electron chi connectivity index (χ1n) is 14.3. The largest absolute Gasteiger partial charge is 0.394 e.